The Morgan fingerprint density at radius 1 is 1.03 bits per heavy atom. The van der Waals surface area contributed by atoms with Crippen LogP contribution >= 0.6 is 0 Å². The van der Waals surface area contributed by atoms with Gasteiger partial charge in [0.1, 0.15) is 5.75 Å². The minimum atomic E-state index is -0.404. The van der Waals surface area contributed by atoms with Crippen LogP contribution in [0.5, 0.6) is 5.75 Å². The summed E-state index contributed by atoms with van der Waals surface area (Å²) < 4.78 is 15.5. The van der Waals surface area contributed by atoms with E-state index in [-0.39, 0.29) is 18.9 Å². The first kappa shape index (κ1) is 20.7. The number of hydrogen-bond acceptors (Lipinski definition) is 6. The third-order valence-corrected chi connectivity index (χ3v) is 4.67. The number of carbonyl (C=O) groups is 2. The Bertz CT molecular complexity index is 799. The molecule has 3 rings (SSSR count). The number of nitrogens with one attached hydrogen (secondary N) is 1. The highest BCUT2D eigenvalue weighted by Crippen LogP contribution is 2.19. The van der Waals surface area contributed by atoms with Gasteiger partial charge >= 0.3 is 5.97 Å². The van der Waals surface area contributed by atoms with Crippen LogP contribution in [0.4, 0.5) is 11.4 Å². The van der Waals surface area contributed by atoms with E-state index in [1.165, 1.54) is 0 Å². The zero-order chi connectivity index (χ0) is 20.5. The number of anilines is 2. The monoisotopic (exact) mass is 398 g/mol. The maximum absolute atomic E-state index is 12.0. The molecule has 0 bridgehead atoms. The number of nitrogens with zero attached hydrogens (tertiary/aromatic N) is 1. The maximum atomic E-state index is 12.0. The van der Waals surface area contributed by atoms with Gasteiger partial charge in [0.15, 0.2) is 6.61 Å². The predicted molar refractivity (Wildman–Crippen MR) is 110 cm³/mol. The maximum Gasteiger partial charge on any atom is 0.306 e. The van der Waals surface area contributed by atoms with Crippen LogP contribution in [0.15, 0.2) is 48.5 Å². The second-order valence-corrected chi connectivity index (χ2v) is 6.70. The van der Waals surface area contributed by atoms with Crippen LogP contribution in [-0.4, -0.2) is 51.9 Å². The first-order chi connectivity index (χ1) is 14.1. The Labute approximate surface area is 170 Å². The summed E-state index contributed by atoms with van der Waals surface area (Å²) in [5, 5.41) is 2.74. The second-order valence-electron chi connectivity index (χ2n) is 6.70. The van der Waals surface area contributed by atoms with Crippen molar-refractivity contribution in [1.29, 1.82) is 0 Å². The lowest BCUT2D eigenvalue weighted by molar-refractivity contribution is -0.147. The number of amides is 1. The fourth-order valence-corrected chi connectivity index (χ4v) is 3.03. The molecule has 1 aliphatic heterocycles. The molecule has 1 saturated heterocycles. The molecule has 1 aliphatic rings. The molecule has 2 aromatic rings. The van der Waals surface area contributed by atoms with Gasteiger partial charge in [0.05, 0.1) is 20.3 Å². The number of ether oxygens (including phenoxy) is 3. The largest absolute Gasteiger partial charge is 0.497 e. The van der Waals surface area contributed by atoms with Crippen molar-refractivity contribution in [3.05, 3.63) is 54.1 Å². The van der Waals surface area contributed by atoms with Crippen LogP contribution in [-0.2, 0) is 25.5 Å². The molecule has 2 aromatic carbocycles. The van der Waals surface area contributed by atoms with Crippen molar-refractivity contribution in [2.24, 2.45) is 0 Å². The van der Waals surface area contributed by atoms with E-state index in [1.807, 2.05) is 48.5 Å². The molecule has 0 atom stereocenters. The number of methoxy groups -OCH3 is 1. The van der Waals surface area contributed by atoms with Crippen LogP contribution in [0.25, 0.3) is 0 Å². The van der Waals surface area contributed by atoms with E-state index in [1.54, 1.807) is 7.11 Å². The van der Waals surface area contributed by atoms with Gasteiger partial charge in [-0.1, -0.05) is 12.1 Å². The summed E-state index contributed by atoms with van der Waals surface area (Å²) in [6.45, 7) is 2.87. The Hall–Kier alpha value is -3.06. The summed E-state index contributed by atoms with van der Waals surface area (Å²) in [5.74, 6) is 0.00605. The molecule has 1 heterocycles. The number of rotatable bonds is 8. The molecule has 0 spiro atoms. The molecule has 7 nitrogen and oxygen atoms in total. The van der Waals surface area contributed by atoms with Crippen molar-refractivity contribution >= 4 is 23.3 Å². The molecule has 0 saturated carbocycles. The fraction of sp³-hybridized carbons (Fsp3) is 0.364. The average molecular weight is 398 g/mol. The van der Waals surface area contributed by atoms with Gasteiger partial charge < -0.3 is 24.4 Å². The number of esters is 1. The summed E-state index contributed by atoms with van der Waals surface area (Å²) in [7, 11) is 1.61. The zero-order valence-corrected chi connectivity index (χ0v) is 16.6. The normalized spacial score (nSPS) is 13.6. The SMILES string of the molecule is COc1ccc(CCC(=O)OCC(=O)Nc2ccc(N3CCOCC3)cc2)cc1. The summed E-state index contributed by atoms with van der Waals surface area (Å²) in [6.07, 6.45) is 0.765. The van der Waals surface area contributed by atoms with Crippen LogP contribution < -0.4 is 15.0 Å². The highest BCUT2D eigenvalue weighted by Gasteiger charge is 2.12. The molecular weight excluding hydrogens is 372 g/mol. The Morgan fingerprint density at radius 2 is 1.72 bits per heavy atom. The Morgan fingerprint density at radius 3 is 2.38 bits per heavy atom. The van der Waals surface area contributed by atoms with Crippen molar-refractivity contribution in [3.8, 4) is 5.75 Å². The first-order valence-electron chi connectivity index (χ1n) is 9.65. The van der Waals surface area contributed by atoms with Crippen LogP contribution in [0.1, 0.15) is 12.0 Å². The van der Waals surface area contributed by atoms with E-state index in [9.17, 15) is 9.59 Å². The number of hydrogen-bond donors (Lipinski definition) is 1. The molecule has 0 unspecified atom stereocenters. The van der Waals surface area contributed by atoms with Gasteiger partial charge in [0, 0.05) is 30.9 Å². The number of aryl methyl sites for hydroxylation is 1. The molecule has 1 N–H and O–H groups in total. The lowest BCUT2D eigenvalue weighted by Gasteiger charge is -2.28. The first-order valence-corrected chi connectivity index (χ1v) is 9.65. The summed E-state index contributed by atoms with van der Waals surface area (Å²) in [5.41, 5.74) is 2.77. The van der Waals surface area contributed by atoms with Gasteiger partial charge in [-0.05, 0) is 48.4 Å². The van der Waals surface area contributed by atoms with Crippen LogP contribution in [0.3, 0.4) is 0 Å². The summed E-state index contributed by atoms with van der Waals surface area (Å²) in [6, 6.07) is 15.1. The molecule has 154 valence electrons. The minimum Gasteiger partial charge on any atom is -0.497 e. The van der Waals surface area contributed by atoms with Crippen molar-refractivity contribution in [2.45, 2.75) is 12.8 Å². The smallest absolute Gasteiger partial charge is 0.306 e. The molecule has 0 aliphatic carbocycles. The van der Waals surface area contributed by atoms with Gasteiger partial charge in [0.25, 0.3) is 5.91 Å². The van der Waals surface area contributed by atoms with E-state index in [4.69, 9.17) is 14.2 Å². The summed E-state index contributed by atoms with van der Waals surface area (Å²) in [4.78, 5) is 26.1. The van der Waals surface area contributed by atoms with Gasteiger partial charge in [-0.25, -0.2) is 0 Å². The third kappa shape index (κ3) is 6.50. The highest BCUT2D eigenvalue weighted by molar-refractivity contribution is 5.92. The molecule has 7 heteroatoms. The minimum absolute atomic E-state index is 0.216. The third-order valence-electron chi connectivity index (χ3n) is 4.67. The molecule has 29 heavy (non-hydrogen) atoms. The van der Waals surface area contributed by atoms with Gasteiger partial charge in [-0.2, -0.15) is 0 Å². The number of carbonyl (C=O) groups excluding carboxylic acids is 2. The summed E-state index contributed by atoms with van der Waals surface area (Å²) >= 11 is 0. The van der Waals surface area contributed by atoms with Crippen LogP contribution in [0, 0.1) is 0 Å². The zero-order valence-electron chi connectivity index (χ0n) is 16.6. The number of benzene rings is 2. The van der Waals surface area contributed by atoms with Gasteiger partial charge in [0.2, 0.25) is 0 Å². The quantitative estimate of drug-likeness (QED) is 0.689. The predicted octanol–water partition coefficient (Wildman–Crippen LogP) is 2.65. The fourth-order valence-electron chi connectivity index (χ4n) is 3.03. The van der Waals surface area contributed by atoms with Gasteiger partial charge in [-0.3, -0.25) is 9.59 Å². The highest BCUT2D eigenvalue weighted by atomic mass is 16.5. The van der Waals surface area contributed by atoms with E-state index >= 15 is 0 Å². The van der Waals surface area contributed by atoms with Crippen molar-refractivity contribution in [1.82, 2.24) is 0 Å². The molecule has 1 amide bonds. The van der Waals surface area contributed by atoms with Crippen molar-refractivity contribution in [3.63, 3.8) is 0 Å². The van der Waals surface area contributed by atoms with E-state index in [0.717, 1.165) is 43.3 Å². The second kappa shape index (κ2) is 10.5. The molecule has 0 radical (unpaired) electrons. The molecule has 1 fully saturated rings. The van der Waals surface area contributed by atoms with Crippen molar-refractivity contribution < 1.29 is 23.8 Å². The number of morpholine rings is 1. The standard InChI is InChI=1S/C22H26N2O5/c1-27-20-9-2-17(3-10-20)4-11-22(26)29-16-21(25)23-18-5-7-19(8-6-18)24-12-14-28-15-13-24/h2-3,5-10H,4,11-16H2,1H3,(H,23,25). The topological polar surface area (TPSA) is 77.1 Å². The van der Waals surface area contributed by atoms with Gasteiger partial charge in [-0.15, -0.1) is 0 Å². The molecular formula is C22H26N2O5. The molecule has 0 aromatic heterocycles. The Kier molecular flexibility index (Phi) is 7.47. The average Bonchev–Trinajstić information content (AvgIpc) is 2.78. The van der Waals surface area contributed by atoms with Crippen molar-refractivity contribution in [2.75, 3.05) is 50.2 Å². The van der Waals surface area contributed by atoms with E-state index < -0.39 is 5.97 Å². The lowest BCUT2D eigenvalue weighted by atomic mass is 10.1. The van der Waals surface area contributed by atoms with Crippen LogP contribution in [0.2, 0.25) is 0 Å². The lowest BCUT2D eigenvalue weighted by Crippen LogP contribution is -2.36. The Balaban J connectivity index is 1.38. The van der Waals surface area contributed by atoms with E-state index in [0.29, 0.717) is 12.1 Å². The van der Waals surface area contributed by atoms with E-state index in [2.05, 4.69) is 10.2 Å².